The van der Waals surface area contributed by atoms with Gasteiger partial charge in [-0.3, -0.25) is 0 Å². The van der Waals surface area contributed by atoms with Crippen molar-refractivity contribution in [2.24, 2.45) is 0 Å². The average Bonchev–Trinajstić information content (AvgIpc) is 2.54. The van der Waals surface area contributed by atoms with Crippen LogP contribution in [0.2, 0.25) is 0 Å². The predicted molar refractivity (Wildman–Crippen MR) is 53.9 cm³/mol. The van der Waals surface area contributed by atoms with Crippen molar-refractivity contribution in [2.75, 3.05) is 0 Å². The monoisotopic (exact) mass is 176 g/mol. The molecule has 70 valence electrons. The van der Waals surface area contributed by atoms with Gasteiger partial charge in [0.2, 0.25) is 0 Å². The third kappa shape index (κ3) is 2.03. The molecular weight excluding hydrogens is 160 g/mol. The van der Waals surface area contributed by atoms with Crippen LogP contribution in [0.1, 0.15) is 32.6 Å². The molecule has 0 spiro atoms. The Hall–Kier alpha value is -0.980. The van der Waals surface area contributed by atoms with E-state index in [1.54, 1.807) is 0 Å². The van der Waals surface area contributed by atoms with Crippen molar-refractivity contribution in [3.8, 4) is 5.75 Å². The first-order valence-corrected chi connectivity index (χ1v) is 5.03. The van der Waals surface area contributed by atoms with Crippen molar-refractivity contribution < 1.29 is 4.74 Å². The Balaban J connectivity index is 2.05. The lowest BCUT2D eigenvalue weighted by Gasteiger charge is -2.25. The second-order valence-electron chi connectivity index (χ2n) is 4.07. The molecule has 1 aromatic rings. The maximum atomic E-state index is 5.96. The minimum absolute atomic E-state index is 0.0986. The minimum atomic E-state index is 0.0986. The zero-order valence-electron chi connectivity index (χ0n) is 8.12. The SMILES string of the molecule is CC1(Oc2ccccc2)CCCC1. The van der Waals surface area contributed by atoms with Crippen LogP contribution >= 0.6 is 0 Å². The van der Waals surface area contributed by atoms with E-state index in [0.29, 0.717) is 0 Å². The molecule has 0 heterocycles. The van der Waals surface area contributed by atoms with Crippen LogP contribution < -0.4 is 4.74 Å². The molecular formula is C12H16O. The summed E-state index contributed by atoms with van der Waals surface area (Å²) in [6, 6.07) is 10.1. The zero-order chi connectivity index (χ0) is 9.15. The van der Waals surface area contributed by atoms with Gasteiger partial charge in [-0.15, -0.1) is 0 Å². The molecule has 1 heteroatoms. The molecule has 1 saturated carbocycles. The molecule has 1 nitrogen and oxygen atoms in total. The van der Waals surface area contributed by atoms with Crippen LogP contribution in [0.15, 0.2) is 30.3 Å². The number of hydrogen-bond donors (Lipinski definition) is 0. The van der Waals surface area contributed by atoms with Gasteiger partial charge in [0, 0.05) is 0 Å². The zero-order valence-corrected chi connectivity index (χ0v) is 8.12. The van der Waals surface area contributed by atoms with Gasteiger partial charge in [-0.2, -0.15) is 0 Å². The molecule has 1 aromatic carbocycles. The van der Waals surface area contributed by atoms with E-state index in [9.17, 15) is 0 Å². The summed E-state index contributed by atoms with van der Waals surface area (Å²) in [5.41, 5.74) is 0.0986. The highest BCUT2D eigenvalue weighted by Crippen LogP contribution is 2.33. The van der Waals surface area contributed by atoms with E-state index < -0.39 is 0 Å². The van der Waals surface area contributed by atoms with Gasteiger partial charge in [0.1, 0.15) is 11.4 Å². The maximum absolute atomic E-state index is 5.96. The van der Waals surface area contributed by atoms with Gasteiger partial charge in [-0.05, 0) is 44.7 Å². The Bertz CT molecular complexity index is 260. The van der Waals surface area contributed by atoms with Crippen LogP contribution in [-0.4, -0.2) is 5.60 Å². The molecule has 1 aliphatic rings. The molecule has 2 rings (SSSR count). The molecule has 0 bridgehead atoms. The molecule has 1 fully saturated rings. The van der Waals surface area contributed by atoms with Gasteiger partial charge in [-0.25, -0.2) is 0 Å². The van der Waals surface area contributed by atoms with Gasteiger partial charge < -0.3 is 4.74 Å². The summed E-state index contributed by atoms with van der Waals surface area (Å²) in [5.74, 6) is 1.01. The first kappa shape index (κ1) is 8.61. The summed E-state index contributed by atoms with van der Waals surface area (Å²) in [6.07, 6.45) is 5.01. The molecule has 0 radical (unpaired) electrons. The third-order valence-corrected chi connectivity index (χ3v) is 2.77. The third-order valence-electron chi connectivity index (χ3n) is 2.77. The standard InChI is InChI=1S/C12H16O/c1-12(9-5-6-10-12)13-11-7-3-2-4-8-11/h2-4,7-8H,5-6,9-10H2,1H3. The van der Waals surface area contributed by atoms with Crippen LogP contribution in [-0.2, 0) is 0 Å². The van der Waals surface area contributed by atoms with E-state index >= 15 is 0 Å². The first-order valence-electron chi connectivity index (χ1n) is 5.03. The number of hydrogen-bond acceptors (Lipinski definition) is 1. The minimum Gasteiger partial charge on any atom is -0.488 e. The average molecular weight is 176 g/mol. The predicted octanol–water partition coefficient (Wildman–Crippen LogP) is 3.40. The van der Waals surface area contributed by atoms with Gasteiger partial charge in [0.05, 0.1) is 0 Å². The summed E-state index contributed by atoms with van der Waals surface area (Å²) in [6.45, 7) is 2.22. The fourth-order valence-electron chi connectivity index (χ4n) is 2.00. The van der Waals surface area contributed by atoms with Crippen LogP contribution in [0, 0.1) is 0 Å². The van der Waals surface area contributed by atoms with Gasteiger partial charge >= 0.3 is 0 Å². The quantitative estimate of drug-likeness (QED) is 0.671. The fraction of sp³-hybridized carbons (Fsp3) is 0.500. The van der Waals surface area contributed by atoms with Crippen LogP contribution in [0.5, 0.6) is 5.75 Å². The van der Waals surface area contributed by atoms with E-state index in [1.165, 1.54) is 25.7 Å². The Morgan fingerprint density at radius 2 is 1.69 bits per heavy atom. The molecule has 0 saturated heterocycles. The lowest BCUT2D eigenvalue weighted by atomic mass is 10.1. The number of rotatable bonds is 2. The number of para-hydroxylation sites is 1. The van der Waals surface area contributed by atoms with Crippen molar-refractivity contribution >= 4 is 0 Å². The lowest BCUT2D eigenvalue weighted by molar-refractivity contribution is 0.0968. The summed E-state index contributed by atoms with van der Waals surface area (Å²) in [7, 11) is 0. The summed E-state index contributed by atoms with van der Waals surface area (Å²) in [5, 5.41) is 0. The molecule has 1 aliphatic carbocycles. The van der Waals surface area contributed by atoms with Crippen LogP contribution in [0.4, 0.5) is 0 Å². The molecule has 0 N–H and O–H groups in total. The van der Waals surface area contributed by atoms with Crippen molar-refractivity contribution in [2.45, 2.75) is 38.2 Å². The van der Waals surface area contributed by atoms with Gasteiger partial charge in [0.25, 0.3) is 0 Å². The largest absolute Gasteiger partial charge is 0.488 e. The Kier molecular flexibility index (Phi) is 2.26. The highest BCUT2D eigenvalue weighted by atomic mass is 16.5. The van der Waals surface area contributed by atoms with E-state index in [1.807, 2.05) is 30.3 Å². The van der Waals surface area contributed by atoms with Gasteiger partial charge in [0.15, 0.2) is 0 Å². The summed E-state index contributed by atoms with van der Waals surface area (Å²) in [4.78, 5) is 0. The highest BCUT2D eigenvalue weighted by Gasteiger charge is 2.30. The van der Waals surface area contributed by atoms with Crippen molar-refractivity contribution in [1.29, 1.82) is 0 Å². The number of benzene rings is 1. The van der Waals surface area contributed by atoms with E-state index in [2.05, 4.69) is 6.92 Å². The van der Waals surface area contributed by atoms with Crippen LogP contribution in [0.3, 0.4) is 0 Å². The van der Waals surface area contributed by atoms with E-state index in [0.717, 1.165) is 5.75 Å². The van der Waals surface area contributed by atoms with E-state index in [-0.39, 0.29) is 5.60 Å². The normalized spacial score (nSPS) is 20.1. The summed E-state index contributed by atoms with van der Waals surface area (Å²) < 4.78 is 5.96. The van der Waals surface area contributed by atoms with Gasteiger partial charge in [-0.1, -0.05) is 18.2 Å². The fourth-order valence-corrected chi connectivity index (χ4v) is 2.00. The van der Waals surface area contributed by atoms with Crippen molar-refractivity contribution in [3.05, 3.63) is 30.3 Å². The number of ether oxygens (including phenoxy) is 1. The molecule has 13 heavy (non-hydrogen) atoms. The lowest BCUT2D eigenvalue weighted by Crippen LogP contribution is -2.27. The summed E-state index contributed by atoms with van der Waals surface area (Å²) >= 11 is 0. The first-order chi connectivity index (χ1) is 6.29. The van der Waals surface area contributed by atoms with Crippen molar-refractivity contribution in [3.63, 3.8) is 0 Å². The molecule has 0 aromatic heterocycles. The van der Waals surface area contributed by atoms with Crippen LogP contribution in [0.25, 0.3) is 0 Å². The van der Waals surface area contributed by atoms with E-state index in [4.69, 9.17) is 4.74 Å². The Morgan fingerprint density at radius 1 is 1.08 bits per heavy atom. The highest BCUT2D eigenvalue weighted by molar-refractivity contribution is 5.22. The van der Waals surface area contributed by atoms with Crippen molar-refractivity contribution in [1.82, 2.24) is 0 Å². The molecule has 0 unspecified atom stereocenters. The second kappa shape index (κ2) is 3.41. The Morgan fingerprint density at radius 3 is 2.31 bits per heavy atom. The molecule has 0 atom stereocenters. The maximum Gasteiger partial charge on any atom is 0.120 e. The second-order valence-corrected chi connectivity index (χ2v) is 4.07. The topological polar surface area (TPSA) is 9.23 Å². The Labute approximate surface area is 79.7 Å². The molecule has 0 amide bonds. The molecule has 0 aliphatic heterocycles. The smallest absolute Gasteiger partial charge is 0.120 e.